The molecule has 1 fully saturated rings. The van der Waals surface area contributed by atoms with Gasteiger partial charge in [0.2, 0.25) is 0 Å². The van der Waals surface area contributed by atoms with E-state index in [9.17, 15) is 4.39 Å². The van der Waals surface area contributed by atoms with Crippen LogP contribution in [0.25, 0.3) is 0 Å². The van der Waals surface area contributed by atoms with E-state index < -0.39 is 5.82 Å². The second-order valence-electron chi connectivity index (χ2n) is 6.78. The van der Waals surface area contributed by atoms with Crippen LogP contribution in [0.5, 0.6) is 5.75 Å². The topological polar surface area (TPSA) is 67.8 Å². The summed E-state index contributed by atoms with van der Waals surface area (Å²) in [6, 6.07) is 4.35. The minimum absolute atomic E-state index is 0.0213. The average Bonchev–Trinajstić information content (AvgIpc) is 2.37. The quantitative estimate of drug-likeness (QED) is 0.388. The second-order valence-corrected chi connectivity index (χ2v) is 6.78. The molecule has 2 unspecified atom stereocenters. The Morgan fingerprint density at radius 2 is 2.14 bits per heavy atom. The lowest BCUT2D eigenvalue weighted by Crippen LogP contribution is -2.34. The molecule has 21 heavy (non-hydrogen) atoms. The van der Waals surface area contributed by atoms with Gasteiger partial charge in [-0.2, -0.15) is 0 Å². The van der Waals surface area contributed by atoms with E-state index in [2.05, 4.69) is 25.9 Å². The fourth-order valence-corrected chi connectivity index (χ4v) is 3.34. The van der Waals surface area contributed by atoms with Crippen molar-refractivity contribution in [1.82, 2.24) is 0 Å². The third-order valence-electron chi connectivity index (χ3n) is 3.98. The summed E-state index contributed by atoms with van der Waals surface area (Å²) >= 11 is 0. The van der Waals surface area contributed by atoms with Gasteiger partial charge in [-0.25, -0.2) is 4.39 Å². The Kier molecular flexibility index (Phi) is 4.40. The van der Waals surface area contributed by atoms with Crippen LogP contribution in [0.1, 0.15) is 45.6 Å². The van der Waals surface area contributed by atoms with Crippen LogP contribution in [-0.4, -0.2) is 17.1 Å². The third kappa shape index (κ3) is 3.86. The van der Waals surface area contributed by atoms with Gasteiger partial charge < -0.3 is 15.7 Å². The van der Waals surface area contributed by atoms with E-state index in [1.165, 1.54) is 12.1 Å². The van der Waals surface area contributed by atoms with E-state index in [4.69, 9.17) is 15.7 Å². The highest BCUT2D eigenvalue weighted by atomic mass is 19.1. The van der Waals surface area contributed by atoms with Crippen LogP contribution < -0.4 is 10.5 Å². The van der Waals surface area contributed by atoms with Gasteiger partial charge in [-0.15, -0.1) is 0 Å². The number of benzene rings is 1. The highest BCUT2D eigenvalue weighted by molar-refractivity contribution is 5.97. The molecule has 5 heteroatoms. The fourth-order valence-electron chi connectivity index (χ4n) is 3.34. The first-order valence-electron chi connectivity index (χ1n) is 7.25. The minimum atomic E-state index is -0.491. The Bertz CT molecular complexity index is 543. The molecule has 1 aromatic carbocycles. The standard InChI is InChI=1S/C16H23FN2O2/c1-10-6-12(9-16(2,3)8-10)21-14-5-4-11(7-13(14)17)15(18)19-20/h4-5,7,10,12,20H,6,8-9H2,1-3H3,(H2,18,19). The van der Waals surface area contributed by atoms with E-state index in [0.717, 1.165) is 19.3 Å². The maximum Gasteiger partial charge on any atom is 0.170 e. The lowest BCUT2D eigenvalue weighted by molar-refractivity contribution is 0.0536. The van der Waals surface area contributed by atoms with Crippen LogP contribution in [0.15, 0.2) is 23.4 Å². The van der Waals surface area contributed by atoms with Crippen molar-refractivity contribution in [3.05, 3.63) is 29.6 Å². The number of halogens is 1. The van der Waals surface area contributed by atoms with Crippen LogP contribution in [-0.2, 0) is 0 Å². The summed E-state index contributed by atoms with van der Waals surface area (Å²) in [5.41, 5.74) is 5.99. The molecule has 0 spiro atoms. The molecule has 3 N–H and O–H groups in total. The summed E-state index contributed by atoms with van der Waals surface area (Å²) in [5.74, 6) is 0.181. The lowest BCUT2D eigenvalue weighted by Gasteiger charge is -2.38. The first-order valence-corrected chi connectivity index (χ1v) is 7.25. The van der Waals surface area contributed by atoms with E-state index >= 15 is 0 Å². The van der Waals surface area contributed by atoms with Gasteiger partial charge >= 0.3 is 0 Å². The SMILES string of the molecule is CC1CC(Oc2ccc(/C(N)=N/O)cc2F)CC(C)(C)C1. The predicted molar refractivity (Wildman–Crippen MR) is 80.1 cm³/mol. The zero-order chi connectivity index (χ0) is 15.6. The number of hydrogen-bond donors (Lipinski definition) is 2. The van der Waals surface area contributed by atoms with Crippen molar-refractivity contribution in [2.45, 2.75) is 46.1 Å². The molecular weight excluding hydrogens is 271 g/mol. The van der Waals surface area contributed by atoms with Crippen LogP contribution >= 0.6 is 0 Å². The Labute approximate surface area is 124 Å². The van der Waals surface area contributed by atoms with Crippen molar-refractivity contribution in [2.75, 3.05) is 0 Å². The third-order valence-corrected chi connectivity index (χ3v) is 3.98. The van der Waals surface area contributed by atoms with Crippen molar-refractivity contribution in [3.8, 4) is 5.75 Å². The molecule has 0 aromatic heterocycles. The molecule has 1 saturated carbocycles. The first-order chi connectivity index (χ1) is 9.80. The summed E-state index contributed by atoms with van der Waals surface area (Å²) < 4.78 is 19.9. The van der Waals surface area contributed by atoms with Crippen molar-refractivity contribution in [3.63, 3.8) is 0 Å². The zero-order valence-electron chi connectivity index (χ0n) is 12.8. The predicted octanol–water partition coefficient (Wildman–Crippen LogP) is 3.51. The van der Waals surface area contributed by atoms with Gasteiger partial charge in [0.25, 0.3) is 0 Å². The molecule has 0 saturated heterocycles. The van der Waals surface area contributed by atoms with Gasteiger partial charge in [0, 0.05) is 5.56 Å². The number of nitrogens with zero attached hydrogens (tertiary/aromatic N) is 1. The van der Waals surface area contributed by atoms with Gasteiger partial charge in [-0.3, -0.25) is 0 Å². The van der Waals surface area contributed by atoms with E-state index in [-0.39, 0.29) is 23.1 Å². The normalized spacial score (nSPS) is 25.6. The number of hydrogen-bond acceptors (Lipinski definition) is 3. The largest absolute Gasteiger partial charge is 0.487 e. The number of ether oxygens (including phenoxy) is 1. The summed E-state index contributed by atoms with van der Waals surface area (Å²) in [5, 5.41) is 11.5. The molecule has 2 atom stereocenters. The fraction of sp³-hybridized carbons (Fsp3) is 0.562. The summed E-state index contributed by atoms with van der Waals surface area (Å²) in [4.78, 5) is 0. The maximum absolute atomic E-state index is 14.1. The van der Waals surface area contributed by atoms with E-state index in [1.54, 1.807) is 6.07 Å². The molecule has 1 aromatic rings. The zero-order valence-corrected chi connectivity index (χ0v) is 12.8. The summed E-state index contributed by atoms with van der Waals surface area (Å²) in [6.45, 7) is 6.64. The number of nitrogens with two attached hydrogens (primary N) is 1. The molecule has 0 amide bonds. The smallest absolute Gasteiger partial charge is 0.170 e. The number of oxime groups is 1. The van der Waals surface area contributed by atoms with Gasteiger partial charge in [-0.1, -0.05) is 25.9 Å². The highest BCUT2D eigenvalue weighted by Crippen LogP contribution is 2.40. The lowest BCUT2D eigenvalue weighted by atomic mass is 9.71. The molecule has 0 aliphatic heterocycles. The molecule has 4 nitrogen and oxygen atoms in total. The molecule has 116 valence electrons. The van der Waals surface area contributed by atoms with Gasteiger partial charge in [0.05, 0.1) is 6.10 Å². The Morgan fingerprint density at radius 3 is 2.71 bits per heavy atom. The summed E-state index contributed by atoms with van der Waals surface area (Å²) in [7, 11) is 0. The van der Waals surface area contributed by atoms with Crippen molar-refractivity contribution in [1.29, 1.82) is 0 Å². The molecule has 0 bridgehead atoms. The number of rotatable bonds is 3. The van der Waals surface area contributed by atoms with Crippen LogP contribution in [0.2, 0.25) is 0 Å². The van der Waals surface area contributed by atoms with Crippen molar-refractivity contribution in [2.24, 2.45) is 22.2 Å². The molecule has 0 heterocycles. The molecule has 2 rings (SSSR count). The van der Waals surface area contributed by atoms with Crippen molar-refractivity contribution < 1.29 is 14.3 Å². The molecular formula is C16H23FN2O2. The van der Waals surface area contributed by atoms with E-state index in [0.29, 0.717) is 11.5 Å². The Hall–Kier alpha value is -1.78. The minimum Gasteiger partial charge on any atom is -0.487 e. The Balaban J connectivity index is 2.13. The van der Waals surface area contributed by atoms with Gasteiger partial charge in [0.15, 0.2) is 17.4 Å². The van der Waals surface area contributed by atoms with Crippen LogP contribution in [0.3, 0.4) is 0 Å². The maximum atomic E-state index is 14.1. The highest BCUT2D eigenvalue weighted by Gasteiger charge is 2.33. The molecule has 1 aliphatic carbocycles. The van der Waals surface area contributed by atoms with Crippen LogP contribution in [0, 0.1) is 17.2 Å². The average molecular weight is 294 g/mol. The molecule has 0 radical (unpaired) electrons. The monoisotopic (exact) mass is 294 g/mol. The van der Waals surface area contributed by atoms with Gasteiger partial charge in [0.1, 0.15) is 0 Å². The Morgan fingerprint density at radius 1 is 1.43 bits per heavy atom. The van der Waals surface area contributed by atoms with Crippen molar-refractivity contribution >= 4 is 5.84 Å². The number of amidine groups is 1. The van der Waals surface area contributed by atoms with Crippen LogP contribution in [0.4, 0.5) is 4.39 Å². The van der Waals surface area contributed by atoms with E-state index in [1.807, 2.05) is 0 Å². The summed E-state index contributed by atoms with van der Waals surface area (Å²) in [6.07, 6.45) is 3.04. The first kappa shape index (κ1) is 15.6. The second kappa shape index (κ2) is 5.92. The molecule has 1 aliphatic rings. The van der Waals surface area contributed by atoms with Gasteiger partial charge in [-0.05, 0) is 48.8 Å².